The van der Waals surface area contributed by atoms with Gasteiger partial charge in [0.25, 0.3) is 0 Å². The van der Waals surface area contributed by atoms with Crippen molar-refractivity contribution >= 4 is 45.0 Å². The number of hydrogen-bond acceptors (Lipinski definition) is 7. The molecular formula is C22H24N4O2S2. The van der Waals surface area contributed by atoms with Gasteiger partial charge in [-0.3, -0.25) is 4.79 Å². The molecule has 8 heteroatoms. The lowest BCUT2D eigenvalue weighted by atomic mass is 9.89. The number of anilines is 1. The topological polar surface area (TPSA) is 90.1 Å². The van der Waals surface area contributed by atoms with Crippen molar-refractivity contribution < 1.29 is 9.53 Å². The molecule has 156 valence electrons. The largest absolute Gasteiger partial charge is 0.493 e. The van der Waals surface area contributed by atoms with Crippen LogP contribution in [0.4, 0.5) is 5.82 Å². The number of nitrogen functional groups attached to an aromatic ring is 1. The number of aromatic nitrogens is 2. The molecule has 0 bridgehead atoms. The molecule has 2 aromatic heterocycles. The second-order valence-electron chi connectivity index (χ2n) is 8.01. The van der Waals surface area contributed by atoms with Crippen molar-refractivity contribution in [1.82, 2.24) is 15.3 Å². The van der Waals surface area contributed by atoms with Crippen LogP contribution in [0.1, 0.15) is 41.8 Å². The molecule has 3 aromatic rings. The van der Waals surface area contributed by atoms with Gasteiger partial charge in [-0.05, 0) is 36.8 Å². The van der Waals surface area contributed by atoms with Crippen LogP contribution in [0.5, 0.6) is 5.75 Å². The number of carbonyl (C=O) groups excluding carboxylic acids is 1. The quantitative estimate of drug-likeness (QED) is 0.468. The van der Waals surface area contributed by atoms with E-state index in [1.165, 1.54) is 28.6 Å². The van der Waals surface area contributed by atoms with Crippen LogP contribution in [0.15, 0.2) is 29.4 Å². The van der Waals surface area contributed by atoms with Crippen LogP contribution in [0.25, 0.3) is 10.2 Å². The third kappa shape index (κ3) is 3.74. The van der Waals surface area contributed by atoms with E-state index in [-0.39, 0.29) is 17.7 Å². The van der Waals surface area contributed by atoms with E-state index >= 15 is 0 Å². The molecule has 0 spiro atoms. The van der Waals surface area contributed by atoms with Gasteiger partial charge in [0.2, 0.25) is 5.91 Å². The molecule has 0 saturated carbocycles. The zero-order chi connectivity index (χ0) is 20.7. The molecule has 1 aliphatic heterocycles. The molecule has 0 saturated heterocycles. The van der Waals surface area contributed by atoms with Gasteiger partial charge in [0.15, 0.2) is 5.16 Å². The van der Waals surface area contributed by atoms with E-state index in [0.29, 0.717) is 23.5 Å². The first kappa shape index (κ1) is 19.6. The Bertz CT molecular complexity index is 1110. The van der Waals surface area contributed by atoms with Crippen LogP contribution >= 0.6 is 23.1 Å². The number of nitrogens with zero attached hydrogens (tertiary/aromatic N) is 2. The molecular weight excluding hydrogens is 416 g/mol. The highest BCUT2D eigenvalue weighted by atomic mass is 32.2. The lowest BCUT2D eigenvalue weighted by Gasteiger charge is -2.26. The van der Waals surface area contributed by atoms with Crippen molar-refractivity contribution in [3.8, 4) is 5.75 Å². The van der Waals surface area contributed by atoms with E-state index in [1.807, 2.05) is 24.3 Å². The average molecular weight is 441 g/mol. The Labute approximate surface area is 183 Å². The van der Waals surface area contributed by atoms with Crippen molar-refractivity contribution in [2.75, 3.05) is 18.1 Å². The highest BCUT2D eigenvalue weighted by molar-refractivity contribution is 7.99. The van der Waals surface area contributed by atoms with Crippen LogP contribution in [0.2, 0.25) is 0 Å². The Morgan fingerprint density at radius 2 is 2.20 bits per heavy atom. The van der Waals surface area contributed by atoms with Crippen molar-refractivity contribution in [2.45, 2.75) is 43.8 Å². The maximum Gasteiger partial charge on any atom is 0.230 e. The Hall–Kier alpha value is -2.32. The summed E-state index contributed by atoms with van der Waals surface area (Å²) in [4.78, 5) is 24.1. The summed E-state index contributed by atoms with van der Waals surface area (Å²) in [5.74, 6) is 2.30. The molecule has 3 N–H and O–H groups in total. The number of nitrogens with one attached hydrogen (secondary N) is 1. The van der Waals surface area contributed by atoms with Gasteiger partial charge < -0.3 is 15.8 Å². The summed E-state index contributed by atoms with van der Waals surface area (Å²) >= 11 is 3.06. The number of fused-ring (bicyclic) bond motifs is 4. The molecule has 3 heterocycles. The molecule has 1 aromatic carbocycles. The second kappa shape index (κ2) is 8.07. The molecule has 1 amide bonds. The van der Waals surface area contributed by atoms with Gasteiger partial charge >= 0.3 is 0 Å². The normalized spacial score (nSPS) is 20.3. The standard InChI is InChI=1S/C22H24N4O2S2/c1-12-6-7-14-17(10-12)30-21-19(14)20(23)25-22(26-21)29-11-18(27)24-15-8-9-28-16-5-3-2-4-13(15)16/h2-5,12,15H,6-11H2,1H3,(H,24,27)(H2,23,25,26)/t12-,15+/m0/s1. The van der Waals surface area contributed by atoms with Gasteiger partial charge in [-0.1, -0.05) is 36.9 Å². The number of amides is 1. The van der Waals surface area contributed by atoms with Gasteiger partial charge in [0, 0.05) is 16.9 Å². The van der Waals surface area contributed by atoms with Gasteiger partial charge in [-0.2, -0.15) is 0 Å². The maximum atomic E-state index is 12.6. The Kier molecular flexibility index (Phi) is 5.28. The van der Waals surface area contributed by atoms with E-state index < -0.39 is 0 Å². The molecule has 30 heavy (non-hydrogen) atoms. The summed E-state index contributed by atoms with van der Waals surface area (Å²) in [6.45, 7) is 2.90. The van der Waals surface area contributed by atoms with Crippen molar-refractivity contribution in [1.29, 1.82) is 0 Å². The molecule has 2 atom stereocenters. The lowest BCUT2D eigenvalue weighted by Crippen LogP contribution is -2.33. The highest BCUT2D eigenvalue weighted by Crippen LogP contribution is 2.40. The molecule has 1 aliphatic carbocycles. The number of thiophene rings is 1. The van der Waals surface area contributed by atoms with Gasteiger partial charge in [0.1, 0.15) is 16.4 Å². The summed E-state index contributed by atoms with van der Waals surface area (Å²) in [6.07, 6.45) is 4.09. The number of rotatable bonds is 4. The third-order valence-electron chi connectivity index (χ3n) is 5.79. The minimum Gasteiger partial charge on any atom is -0.493 e. The van der Waals surface area contributed by atoms with Crippen molar-refractivity contribution in [3.05, 3.63) is 40.3 Å². The number of ether oxygens (including phenoxy) is 1. The zero-order valence-corrected chi connectivity index (χ0v) is 18.4. The van der Waals surface area contributed by atoms with E-state index in [9.17, 15) is 4.79 Å². The van der Waals surface area contributed by atoms with E-state index in [0.717, 1.165) is 40.8 Å². The SMILES string of the molecule is C[C@H]1CCc2c(sc3nc(SCC(=O)N[C@@H]4CCOc5ccccc54)nc(N)c23)C1. The molecule has 5 rings (SSSR count). The van der Waals surface area contributed by atoms with E-state index in [1.54, 1.807) is 11.3 Å². The number of carbonyl (C=O) groups is 1. The fraction of sp³-hybridized carbons (Fsp3) is 0.409. The first-order valence-corrected chi connectivity index (χ1v) is 12.1. The second-order valence-corrected chi connectivity index (χ2v) is 10.0. The first-order valence-electron chi connectivity index (χ1n) is 10.3. The fourth-order valence-corrected chi connectivity index (χ4v) is 6.38. The smallest absolute Gasteiger partial charge is 0.230 e. The Morgan fingerprint density at radius 3 is 3.10 bits per heavy atom. The third-order valence-corrected chi connectivity index (χ3v) is 7.78. The lowest BCUT2D eigenvalue weighted by molar-refractivity contribution is -0.119. The molecule has 0 unspecified atom stereocenters. The summed E-state index contributed by atoms with van der Waals surface area (Å²) in [5, 5.41) is 4.70. The average Bonchev–Trinajstić information content (AvgIpc) is 3.10. The van der Waals surface area contributed by atoms with Crippen LogP contribution < -0.4 is 15.8 Å². The zero-order valence-electron chi connectivity index (χ0n) is 16.8. The van der Waals surface area contributed by atoms with Crippen LogP contribution in [0, 0.1) is 5.92 Å². The number of hydrogen-bond donors (Lipinski definition) is 2. The molecule has 0 fully saturated rings. The Morgan fingerprint density at radius 1 is 1.33 bits per heavy atom. The van der Waals surface area contributed by atoms with Crippen molar-refractivity contribution in [3.63, 3.8) is 0 Å². The van der Waals surface area contributed by atoms with Gasteiger partial charge in [-0.15, -0.1) is 11.3 Å². The van der Waals surface area contributed by atoms with Gasteiger partial charge in [0.05, 0.1) is 23.8 Å². The monoisotopic (exact) mass is 440 g/mol. The molecule has 0 radical (unpaired) electrons. The predicted molar refractivity (Wildman–Crippen MR) is 121 cm³/mol. The van der Waals surface area contributed by atoms with Crippen LogP contribution in [0.3, 0.4) is 0 Å². The van der Waals surface area contributed by atoms with Gasteiger partial charge in [-0.25, -0.2) is 9.97 Å². The molecule has 2 aliphatic rings. The number of thioether (sulfide) groups is 1. The van der Waals surface area contributed by atoms with Crippen molar-refractivity contribution in [2.24, 2.45) is 5.92 Å². The summed E-state index contributed by atoms with van der Waals surface area (Å²) in [7, 11) is 0. The highest BCUT2D eigenvalue weighted by Gasteiger charge is 2.25. The number of benzene rings is 1. The summed E-state index contributed by atoms with van der Waals surface area (Å²) in [6, 6.07) is 7.83. The number of aryl methyl sites for hydroxylation is 1. The maximum absolute atomic E-state index is 12.6. The van der Waals surface area contributed by atoms with Crippen LogP contribution in [-0.2, 0) is 17.6 Å². The minimum absolute atomic E-state index is 0.0254. The van der Waals surface area contributed by atoms with Crippen LogP contribution in [-0.4, -0.2) is 28.2 Å². The van der Waals surface area contributed by atoms with E-state index in [4.69, 9.17) is 15.5 Å². The summed E-state index contributed by atoms with van der Waals surface area (Å²) < 4.78 is 5.67. The number of para-hydroxylation sites is 1. The minimum atomic E-state index is -0.0386. The summed E-state index contributed by atoms with van der Waals surface area (Å²) in [5.41, 5.74) is 8.66. The number of nitrogens with two attached hydrogens (primary N) is 1. The van der Waals surface area contributed by atoms with E-state index in [2.05, 4.69) is 17.2 Å². The molecule has 6 nitrogen and oxygen atoms in total. The predicted octanol–water partition coefficient (Wildman–Crippen LogP) is 4.13. The first-order chi connectivity index (χ1) is 14.6. The fourth-order valence-electron chi connectivity index (χ4n) is 4.27. The Balaban J connectivity index is 1.28.